The van der Waals surface area contributed by atoms with Crippen LogP contribution in [-0.2, 0) is 11.3 Å². The number of carbonyl (C=O) groups excluding carboxylic acids is 4. The minimum Gasteiger partial charge on any atom is -0.382 e. The molecule has 80 heavy (non-hydrogen) atoms. The van der Waals surface area contributed by atoms with E-state index in [2.05, 4.69) is 73.0 Å². The molecule has 0 unspecified atom stereocenters. The SMILES string of the molecule is CC[C@@H](C)Nc1cc(C(=O)NC2C[C@H]3CC[C@H](C2)N3c2ccc(C(=O)c3ccc(CN4CCN(CC5CCN(C(=O)C[C@@H]6N=C(c7ccc(Cl)cc7)c7c(sc(C)c7C)-n7c(C)nnc76)CC5)CC4)cc3)cn2)c(C)cc1C(N)=O. The van der Waals surface area contributed by atoms with E-state index in [9.17, 15) is 19.2 Å². The average Bonchev–Trinajstić information content (AvgIpc) is 4.13. The molecular formula is C62H73ClN12O4S. The van der Waals surface area contributed by atoms with Crippen molar-refractivity contribution in [3.05, 3.63) is 151 Å². The van der Waals surface area contributed by atoms with Crippen molar-refractivity contribution in [3.63, 3.8) is 0 Å². The van der Waals surface area contributed by atoms with E-state index < -0.39 is 11.9 Å². The van der Waals surface area contributed by atoms with Crippen LogP contribution in [0, 0.1) is 33.6 Å². The van der Waals surface area contributed by atoms with E-state index in [0.717, 1.165) is 131 Å². The van der Waals surface area contributed by atoms with Crippen molar-refractivity contribution in [2.75, 3.05) is 56.0 Å². The number of rotatable bonds is 16. The first-order chi connectivity index (χ1) is 38.6. The molecule has 0 radical (unpaired) electrons. The summed E-state index contributed by atoms with van der Waals surface area (Å²) in [4.78, 5) is 74.7. The van der Waals surface area contributed by atoms with Gasteiger partial charge in [0.1, 0.15) is 22.7 Å². The number of nitrogens with one attached hydrogen (secondary N) is 2. The fraction of sp³-hybridized carbons (Fsp3) is 0.452. The molecule has 3 aromatic heterocycles. The number of aliphatic imine (C=N–C) groups is 1. The number of amides is 3. The summed E-state index contributed by atoms with van der Waals surface area (Å²) < 4.78 is 2.11. The number of likely N-dealkylation sites (tertiary alicyclic amines) is 1. The summed E-state index contributed by atoms with van der Waals surface area (Å²) in [5, 5.41) is 17.5. The lowest BCUT2D eigenvalue weighted by Crippen LogP contribution is -2.50. The third-order valence-electron chi connectivity index (χ3n) is 17.5. The Balaban J connectivity index is 0.630. The van der Waals surface area contributed by atoms with Gasteiger partial charge in [-0.05, 0) is 139 Å². The van der Waals surface area contributed by atoms with Crippen LogP contribution in [0.4, 0.5) is 11.5 Å². The highest BCUT2D eigenvalue weighted by Crippen LogP contribution is 2.41. The molecule has 18 heteroatoms. The summed E-state index contributed by atoms with van der Waals surface area (Å²) >= 11 is 8.03. The molecule has 4 saturated heterocycles. The Morgan fingerprint density at radius 3 is 2.16 bits per heavy atom. The number of aromatic nitrogens is 4. The van der Waals surface area contributed by atoms with Crippen LogP contribution in [0.15, 0.2) is 84.0 Å². The number of primary amides is 1. The summed E-state index contributed by atoms with van der Waals surface area (Å²) in [5.74, 6) is 2.26. The molecule has 4 fully saturated rings. The van der Waals surface area contributed by atoms with E-state index in [4.69, 9.17) is 27.3 Å². The molecule has 16 nitrogen and oxygen atoms in total. The smallest absolute Gasteiger partial charge is 0.251 e. The number of anilines is 2. The number of nitrogens with zero attached hydrogens (tertiary/aromatic N) is 9. The number of aryl methyl sites for hydroxylation is 3. The van der Waals surface area contributed by atoms with Crippen LogP contribution in [0.5, 0.6) is 0 Å². The van der Waals surface area contributed by atoms with Crippen LogP contribution in [0.3, 0.4) is 0 Å². The molecular weight excluding hydrogens is 1040 g/mol. The number of fused-ring (bicyclic) bond motifs is 5. The van der Waals surface area contributed by atoms with Crippen LogP contribution in [0.1, 0.15) is 152 Å². The van der Waals surface area contributed by atoms with Crippen LogP contribution >= 0.6 is 22.9 Å². The number of thiophene rings is 1. The maximum absolute atomic E-state index is 14.1. The normalized spacial score (nSPS) is 20.9. The Morgan fingerprint density at radius 1 is 0.812 bits per heavy atom. The van der Waals surface area contributed by atoms with Crippen LogP contribution in [0.25, 0.3) is 5.00 Å². The van der Waals surface area contributed by atoms with Gasteiger partial charge in [0.05, 0.1) is 17.7 Å². The molecule has 5 aliphatic rings. The maximum atomic E-state index is 14.1. The van der Waals surface area contributed by atoms with Crippen LogP contribution < -0.4 is 21.3 Å². The number of pyridine rings is 1. The highest BCUT2D eigenvalue weighted by molar-refractivity contribution is 7.15. The quantitative estimate of drug-likeness (QED) is 0.0784. The molecule has 8 heterocycles. The van der Waals surface area contributed by atoms with Gasteiger partial charge in [0.2, 0.25) is 5.91 Å². The van der Waals surface area contributed by atoms with Gasteiger partial charge in [0.25, 0.3) is 11.8 Å². The predicted octanol–water partition coefficient (Wildman–Crippen LogP) is 9.42. The van der Waals surface area contributed by atoms with Crippen LogP contribution in [0.2, 0.25) is 5.02 Å². The number of hydrogen-bond acceptors (Lipinski definition) is 13. The lowest BCUT2D eigenvalue weighted by atomic mass is 9.95. The number of hydrogen-bond donors (Lipinski definition) is 3. The zero-order valence-electron chi connectivity index (χ0n) is 46.8. The first kappa shape index (κ1) is 55.1. The monoisotopic (exact) mass is 1120 g/mol. The van der Waals surface area contributed by atoms with E-state index in [1.165, 1.54) is 16.0 Å². The molecule has 4 N–H and O–H groups in total. The minimum atomic E-state index is -0.527. The largest absolute Gasteiger partial charge is 0.382 e. The first-order valence-corrected chi connectivity index (χ1v) is 29.8. The number of piperazine rings is 1. The lowest BCUT2D eigenvalue weighted by Gasteiger charge is -2.40. The van der Waals surface area contributed by atoms with Crippen molar-refractivity contribution in [2.45, 2.75) is 130 Å². The van der Waals surface area contributed by atoms with E-state index in [-0.39, 0.29) is 48.2 Å². The number of ketones is 1. The molecule has 0 saturated carbocycles. The fourth-order valence-electron chi connectivity index (χ4n) is 12.7. The van der Waals surface area contributed by atoms with Gasteiger partial charge < -0.3 is 31.1 Å². The van der Waals surface area contributed by atoms with Crippen molar-refractivity contribution in [3.8, 4) is 5.00 Å². The molecule has 11 rings (SSSR count). The molecule has 0 aliphatic carbocycles. The maximum Gasteiger partial charge on any atom is 0.251 e. The third-order valence-corrected chi connectivity index (χ3v) is 19.0. The van der Waals surface area contributed by atoms with Crippen molar-refractivity contribution >= 4 is 63.7 Å². The van der Waals surface area contributed by atoms with E-state index >= 15 is 0 Å². The van der Waals surface area contributed by atoms with Gasteiger partial charge in [0.15, 0.2) is 11.6 Å². The molecule has 4 atom stereocenters. The third kappa shape index (κ3) is 11.4. The molecule has 5 aliphatic heterocycles. The molecule has 418 valence electrons. The van der Waals surface area contributed by atoms with Gasteiger partial charge in [0, 0.05) is 126 Å². The van der Waals surface area contributed by atoms with Crippen molar-refractivity contribution in [1.29, 1.82) is 0 Å². The fourth-order valence-corrected chi connectivity index (χ4v) is 14.1. The van der Waals surface area contributed by atoms with E-state index in [1.807, 2.05) is 74.2 Å². The Kier molecular flexibility index (Phi) is 16.1. The summed E-state index contributed by atoms with van der Waals surface area (Å²) in [6.07, 6.45) is 8.36. The van der Waals surface area contributed by atoms with E-state index in [1.54, 1.807) is 29.7 Å². The molecule has 0 spiro atoms. The van der Waals surface area contributed by atoms with Gasteiger partial charge in [-0.1, -0.05) is 54.9 Å². The Bertz CT molecular complexity index is 3310. The van der Waals surface area contributed by atoms with Crippen LogP contribution in [-0.4, -0.2) is 134 Å². The van der Waals surface area contributed by atoms with Crippen molar-refractivity contribution in [2.24, 2.45) is 16.6 Å². The lowest BCUT2D eigenvalue weighted by molar-refractivity contribution is -0.133. The predicted molar refractivity (Wildman–Crippen MR) is 316 cm³/mol. The summed E-state index contributed by atoms with van der Waals surface area (Å²) in [5.41, 5.74) is 14.3. The molecule has 2 bridgehead atoms. The number of nitrogens with two attached hydrogens (primary N) is 1. The molecule has 3 aromatic carbocycles. The Hall–Kier alpha value is -6.79. The first-order valence-electron chi connectivity index (χ1n) is 28.6. The van der Waals surface area contributed by atoms with Gasteiger partial charge in [-0.2, -0.15) is 0 Å². The summed E-state index contributed by atoms with van der Waals surface area (Å²) in [6, 6.07) is 23.2. The van der Waals surface area contributed by atoms with Crippen molar-refractivity contribution in [1.82, 2.24) is 39.8 Å². The second-order valence-electron chi connectivity index (χ2n) is 22.9. The average molecular weight is 1120 g/mol. The second-order valence-corrected chi connectivity index (χ2v) is 24.5. The molecule has 6 aromatic rings. The van der Waals surface area contributed by atoms with E-state index in [0.29, 0.717) is 50.3 Å². The second kappa shape index (κ2) is 23.4. The number of carbonyl (C=O) groups is 4. The van der Waals surface area contributed by atoms with Gasteiger partial charge in [-0.3, -0.25) is 33.6 Å². The zero-order chi connectivity index (χ0) is 55.9. The standard InChI is InChI=1S/C62H73ClN12O4S/c1-7-37(3)66-52-31-50(36(2)28-51(52)59(64)78)61(79)67-47-29-48-17-18-49(30-47)75(48)54-19-14-45(33-65-54)58(77)44-10-8-41(9-11-44)34-71-24-26-72(27-25-71)35-42-20-22-73(23-21-42)55(76)32-53-60-70-69-40(6)74(60)62-56(38(4)39(5)80-62)57(68-53)43-12-15-46(63)16-13-43/h8-16,19,28,31,33,37,42,47-49,53,66H,7,17-18,20-27,29-30,32,34-35H2,1-6H3,(H2,64,78)(H,67,79)/t37-,48-,49-,53+/m1/s1. The summed E-state index contributed by atoms with van der Waals surface area (Å²) in [6.45, 7) is 19.5. The molecule has 3 amide bonds. The summed E-state index contributed by atoms with van der Waals surface area (Å²) in [7, 11) is 0. The zero-order valence-corrected chi connectivity index (χ0v) is 48.4. The highest BCUT2D eigenvalue weighted by Gasteiger charge is 2.42. The Labute approximate surface area is 478 Å². The van der Waals surface area contributed by atoms with Gasteiger partial charge >= 0.3 is 0 Å². The highest BCUT2D eigenvalue weighted by atomic mass is 35.5. The topological polar surface area (TPSA) is 187 Å². The number of benzene rings is 3. The number of piperidine rings is 2. The number of halogens is 1. The van der Waals surface area contributed by atoms with Gasteiger partial charge in [-0.15, -0.1) is 21.5 Å². The van der Waals surface area contributed by atoms with Crippen molar-refractivity contribution < 1.29 is 19.2 Å². The minimum absolute atomic E-state index is 0.00469. The van der Waals surface area contributed by atoms with Gasteiger partial charge in [-0.25, -0.2) is 4.98 Å². The Morgan fingerprint density at radius 2 is 1.50 bits per heavy atom.